The minimum atomic E-state index is 0.202. The van der Waals surface area contributed by atoms with Crippen molar-refractivity contribution in [2.24, 2.45) is 0 Å². The van der Waals surface area contributed by atoms with Gasteiger partial charge in [0.2, 0.25) is 0 Å². The van der Waals surface area contributed by atoms with Crippen molar-refractivity contribution < 1.29 is 9.15 Å². The Morgan fingerprint density at radius 1 is 0.950 bits per heavy atom. The van der Waals surface area contributed by atoms with Crippen molar-refractivity contribution in [2.45, 2.75) is 5.88 Å². The number of aromatic nitrogens is 1. The Morgan fingerprint density at radius 2 is 1.65 bits per heavy atom. The molecule has 0 atom stereocenters. The lowest BCUT2D eigenvalue weighted by Crippen LogP contribution is -1.85. The molecule has 2 aromatic carbocycles. The lowest BCUT2D eigenvalue weighted by Gasteiger charge is -2.03. The van der Waals surface area contributed by atoms with Gasteiger partial charge in [-0.05, 0) is 23.3 Å². The summed E-state index contributed by atoms with van der Waals surface area (Å²) in [6.45, 7) is 0. The van der Waals surface area contributed by atoms with Crippen LogP contribution in [-0.2, 0) is 5.88 Å². The average Bonchev–Trinajstić information content (AvgIpc) is 2.97. The maximum Gasteiger partial charge on any atom is 0.399 e. The molecule has 0 unspecified atom stereocenters. The molecule has 100 valence electrons. The van der Waals surface area contributed by atoms with Crippen LogP contribution in [0.4, 0.5) is 0 Å². The molecule has 0 spiro atoms. The lowest BCUT2D eigenvalue weighted by atomic mass is 10.1. The predicted molar refractivity (Wildman–Crippen MR) is 78.0 cm³/mol. The van der Waals surface area contributed by atoms with Gasteiger partial charge >= 0.3 is 6.08 Å². The molecule has 3 rings (SSSR count). The second-order valence-corrected chi connectivity index (χ2v) is 4.50. The number of hydrogen-bond donors (Lipinski definition) is 0. The van der Waals surface area contributed by atoms with Crippen LogP contribution < -0.4 is 4.74 Å². The van der Waals surface area contributed by atoms with Gasteiger partial charge in [-0.2, -0.15) is 4.98 Å². The monoisotopic (exact) mass is 285 g/mol. The minimum absolute atomic E-state index is 0.202. The van der Waals surface area contributed by atoms with E-state index in [4.69, 9.17) is 20.8 Å². The van der Waals surface area contributed by atoms with Gasteiger partial charge in [-0.15, -0.1) is 11.6 Å². The molecule has 0 amide bonds. The van der Waals surface area contributed by atoms with Crippen molar-refractivity contribution in [1.82, 2.24) is 4.98 Å². The first-order valence-electron chi connectivity index (χ1n) is 6.19. The van der Waals surface area contributed by atoms with Crippen LogP contribution in [0.3, 0.4) is 0 Å². The van der Waals surface area contributed by atoms with Crippen molar-refractivity contribution in [3.8, 4) is 23.0 Å². The molecule has 0 aliphatic carbocycles. The summed E-state index contributed by atoms with van der Waals surface area (Å²) < 4.78 is 10.7. The van der Waals surface area contributed by atoms with Crippen molar-refractivity contribution in [3.63, 3.8) is 0 Å². The number of oxazole rings is 1. The highest BCUT2D eigenvalue weighted by Gasteiger charge is 2.05. The summed E-state index contributed by atoms with van der Waals surface area (Å²) in [5.41, 5.74) is 2.95. The third-order valence-corrected chi connectivity index (χ3v) is 3.11. The largest absolute Gasteiger partial charge is 0.417 e. The summed E-state index contributed by atoms with van der Waals surface area (Å²) >= 11 is 5.65. The maximum atomic E-state index is 5.65. The van der Waals surface area contributed by atoms with Gasteiger partial charge in [0, 0.05) is 0 Å². The summed E-state index contributed by atoms with van der Waals surface area (Å²) in [6.07, 6.45) is 1.69. The number of ether oxygens (including phenoxy) is 1. The maximum absolute atomic E-state index is 5.65. The number of hydrogen-bond acceptors (Lipinski definition) is 3. The van der Waals surface area contributed by atoms with Crippen LogP contribution in [0.5, 0.6) is 11.8 Å². The zero-order valence-electron chi connectivity index (χ0n) is 10.6. The van der Waals surface area contributed by atoms with Crippen LogP contribution in [0.1, 0.15) is 5.69 Å². The van der Waals surface area contributed by atoms with E-state index in [1.54, 1.807) is 0 Å². The van der Waals surface area contributed by atoms with Crippen LogP contribution in [0.25, 0.3) is 11.1 Å². The molecule has 0 saturated heterocycles. The molecule has 20 heavy (non-hydrogen) atoms. The first-order valence-corrected chi connectivity index (χ1v) is 6.72. The van der Waals surface area contributed by atoms with Gasteiger partial charge in [0.15, 0.2) is 0 Å². The van der Waals surface area contributed by atoms with Gasteiger partial charge in [0.25, 0.3) is 0 Å². The smallest absolute Gasteiger partial charge is 0.399 e. The van der Waals surface area contributed by atoms with Crippen LogP contribution in [0.15, 0.2) is 65.3 Å². The van der Waals surface area contributed by atoms with E-state index >= 15 is 0 Å². The van der Waals surface area contributed by atoms with Crippen LogP contribution >= 0.6 is 11.6 Å². The fourth-order valence-electron chi connectivity index (χ4n) is 1.84. The molecule has 0 aliphatic heterocycles. The molecule has 0 aliphatic rings. The van der Waals surface area contributed by atoms with Gasteiger partial charge < -0.3 is 9.15 Å². The van der Waals surface area contributed by atoms with E-state index in [2.05, 4.69) is 17.1 Å². The van der Waals surface area contributed by atoms with Gasteiger partial charge in [-0.3, -0.25) is 0 Å². The second kappa shape index (κ2) is 5.80. The zero-order valence-corrected chi connectivity index (χ0v) is 11.4. The third-order valence-electron chi connectivity index (χ3n) is 2.83. The summed E-state index contributed by atoms with van der Waals surface area (Å²) in [7, 11) is 0. The molecule has 0 saturated carbocycles. The molecule has 0 bridgehead atoms. The molecule has 1 heterocycles. The third kappa shape index (κ3) is 2.83. The highest BCUT2D eigenvalue weighted by molar-refractivity contribution is 6.16. The van der Waals surface area contributed by atoms with Gasteiger partial charge in [-0.25, -0.2) is 0 Å². The van der Waals surface area contributed by atoms with Crippen molar-refractivity contribution in [1.29, 1.82) is 0 Å². The first kappa shape index (κ1) is 12.8. The Labute approximate surface area is 121 Å². The molecule has 3 nitrogen and oxygen atoms in total. The Morgan fingerprint density at radius 3 is 2.30 bits per heavy atom. The number of benzene rings is 2. The van der Waals surface area contributed by atoms with Gasteiger partial charge in [0.1, 0.15) is 12.0 Å². The topological polar surface area (TPSA) is 35.3 Å². The summed E-state index contributed by atoms with van der Waals surface area (Å²) in [4.78, 5) is 4.08. The summed E-state index contributed by atoms with van der Waals surface area (Å²) in [5.74, 6) is 0.979. The van der Waals surface area contributed by atoms with E-state index in [0.717, 1.165) is 5.56 Å². The standard InChI is InChI=1S/C16H12ClNO2/c17-10-14-11-19-16(18-14)20-15-8-6-13(7-9-15)12-4-2-1-3-5-12/h1-9,11H,10H2. The van der Waals surface area contributed by atoms with E-state index < -0.39 is 0 Å². The van der Waals surface area contributed by atoms with Crippen molar-refractivity contribution >= 4 is 11.6 Å². The molecule has 3 aromatic rings. The fraction of sp³-hybridized carbons (Fsp3) is 0.0625. The average molecular weight is 286 g/mol. The molecule has 0 N–H and O–H groups in total. The fourth-order valence-corrected chi connectivity index (χ4v) is 1.97. The van der Waals surface area contributed by atoms with E-state index in [1.165, 1.54) is 11.8 Å². The SMILES string of the molecule is ClCc1coc(Oc2ccc(-c3ccccc3)cc2)n1. The quantitative estimate of drug-likeness (QED) is 0.641. The number of nitrogens with zero attached hydrogens (tertiary/aromatic N) is 1. The van der Waals surface area contributed by atoms with Gasteiger partial charge in [-0.1, -0.05) is 42.5 Å². The molecule has 0 fully saturated rings. The number of halogens is 1. The minimum Gasteiger partial charge on any atom is -0.417 e. The normalized spacial score (nSPS) is 10.4. The number of rotatable bonds is 4. The highest BCUT2D eigenvalue weighted by Crippen LogP contribution is 2.25. The first-order chi connectivity index (χ1) is 9.85. The van der Waals surface area contributed by atoms with Crippen LogP contribution in [0, 0.1) is 0 Å². The van der Waals surface area contributed by atoms with Crippen molar-refractivity contribution in [3.05, 3.63) is 66.6 Å². The predicted octanol–water partition coefficient (Wildman–Crippen LogP) is 4.87. The van der Waals surface area contributed by atoms with E-state index in [9.17, 15) is 0 Å². The Hall–Kier alpha value is -2.26. The molecular weight excluding hydrogens is 274 g/mol. The zero-order chi connectivity index (χ0) is 13.8. The van der Waals surface area contributed by atoms with Crippen LogP contribution in [-0.4, -0.2) is 4.98 Å². The van der Waals surface area contributed by atoms with E-state index in [1.807, 2.05) is 42.5 Å². The van der Waals surface area contributed by atoms with Crippen LogP contribution in [0.2, 0.25) is 0 Å². The Balaban J connectivity index is 1.76. The highest BCUT2D eigenvalue weighted by atomic mass is 35.5. The van der Waals surface area contributed by atoms with E-state index in [-0.39, 0.29) is 6.08 Å². The van der Waals surface area contributed by atoms with Gasteiger partial charge in [0.05, 0.1) is 11.6 Å². The second-order valence-electron chi connectivity index (χ2n) is 4.23. The molecule has 0 radical (unpaired) electrons. The molecular formula is C16H12ClNO2. The summed E-state index contributed by atoms with van der Waals surface area (Å²) in [6, 6.07) is 17.9. The number of alkyl halides is 1. The lowest BCUT2D eigenvalue weighted by molar-refractivity contribution is 0.331. The van der Waals surface area contributed by atoms with E-state index in [0.29, 0.717) is 17.3 Å². The van der Waals surface area contributed by atoms with Crippen molar-refractivity contribution in [2.75, 3.05) is 0 Å². The summed E-state index contributed by atoms with van der Waals surface area (Å²) in [5, 5.41) is 0. The Kier molecular flexibility index (Phi) is 3.70. The molecule has 4 heteroatoms. The Bertz CT molecular complexity index is 677. The molecule has 1 aromatic heterocycles.